The van der Waals surface area contributed by atoms with E-state index in [2.05, 4.69) is 17.4 Å². The van der Waals surface area contributed by atoms with Crippen molar-refractivity contribution in [3.05, 3.63) is 41.6 Å². The van der Waals surface area contributed by atoms with Gasteiger partial charge < -0.3 is 10.2 Å². The third-order valence-electron chi connectivity index (χ3n) is 1.89. The van der Waals surface area contributed by atoms with Gasteiger partial charge in [-0.15, -0.1) is 0 Å². The fourth-order valence-corrected chi connectivity index (χ4v) is 1.17. The van der Waals surface area contributed by atoms with Gasteiger partial charge >= 0.3 is 0 Å². The van der Waals surface area contributed by atoms with Crippen LogP contribution in [0.2, 0.25) is 5.02 Å². The van der Waals surface area contributed by atoms with Gasteiger partial charge in [-0.1, -0.05) is 18.2 Å². The molecular formula is C12H15ClN2O2. The van der Waals surface area contributed by atoms with E-state index in [0.29, 0.717) is 16.5 Å². The van der Waals surface area contributed by atoms with Gasteiger partial charge in [0.25, 0.3) is 5.91 Å². The van der Waals surface area contributed by atoms with Gasteiger partial charge in [-0.3, -0.25) is 10.2 Å². The Kier molecular flexibility index (Phi) is 4.84. The highest BCUT2D eigenvalue weighted by Crippen LogP contribution is 2.16. The lowest BCUT2D eigenvalue weighted by Crippen LogP contribution is -2.43. The van der Waals surface area contributed by atoms with Gasteiger partial charge in [0.1, 0.15) is 5.75 Å². The van der Waals surface area contributed by atoms with Crippen molar-refractivity contribution in [2.45, 2.75) is 20.0 Å². The number of hydrogen-bond acceptors (Lipinski definition) is 3. The van der Waals surface area contributed by atoms with E-state index in [9.17, 15) is 4.79 Å². The van der Waals surface area contributed by atoms with Crippen molar-refractivity contribution < 1.29 is 9.53 Å². The molecule has 1 amide bonds. The van der Waals surface area contributed by atoms with E-state index in [-0.39, 0.29) is 5.91 Å². The third kappa shape index (κ3) is 4.78. The SMILES string of the molecule is C=C(C)NNC(=O)C(C)Oc1ccc(Cl)cc1. The number of carbonyl (C=O) groups excluding carboxylic acids is 1. The summed E-state index contributed by atoms with van der Waals surface area (Å²) in [5.41, 5.74) is 5.75. The molecule has 0 bridgehead atoms. The highest BCUT2D eigenvalue weighted by Gasteiger charge is 2.13. The zero-order chi connectivity index (χ0) is 12.8. The zero-order valence-corrected chi connectivity index (χ0v) is 10.5. The quantitative estimate of drug-likeness (QED) is 0.793. The average molecular weight is 255 g/mol. The minimum atomic E-state index is -0.608. The van der Waals surface area contributed by atoms with Crippen LogP contribution in [0.4, 0.5) is 0 Å². The van der Waals surface area contributed by atoms with E-state index in [1.807, 2.05) is 0 Å². The first-order valence-corrected chi connectivity index (χ1v) is 5.50. The fraction of sp³-hybridized carbons (Fsp3) is 0.250. The number of carbonyl (C=O) groups is 1. The van der Waals surface area contributed by atoms with Crippen molar-refractivity contribution >= 4 is 17.5 Å². The Morgan fingerprint density at radius 2 is 1.94 bits per heavy atom. The predicted molar refractivity (Wildman–Crippen MR) is 67.6 cm³/mol. The van der Waals surface area contributed by atoms with E-state index >= 15 is 0 Å². The Balaban J connectivity index is 2.48. The molecule has 92 valence electrons. The molecule has 1 unspecified atom stereocenters. The van der Waals surface area contributed by atoms with E-state index in [0.717, 1.165) is 0 Å². The molecule has 17 heavy (non-hydrogen) atoms. The Morgan fingerprint density at radius 3 is 2.47 bits per heavy atom. The zero-order valence-electron chi connectivity index (χ0n) is 9.79. The number of amides is 1. The lowest BCUT2D eigenvalue weighted by atomic mass is 10.3. The standard InChI is InChI=1S/C12H15ClN2O2/c1-8(2)14-15-12(16)9(3)17-11-6-4-10(13)5-7-11/h4-7,9,14H,1H2,2-3H3,(H,15,16). The van der Waals surface area contributed by atoms with Gasteiger partial charge in [-0.2, -0.15) is 0 Å². The van der Waals surface area contributed by atoms with Gasteiger partial charge in [0.15, 0.2) is 6.10 Å². The highest BCUT2D eigenvalue weighted by atomic mass is 35.5. The van der Waals surface area contributed by atoms with Gasteiger partial charge in [-0.25, -0.2) is 0 Å². The molecule has 0 aliphatic rings. The molecule has 0 aliphatic heterocycles. The van der Waals surface area contributed by atoms with Crippen LogP contribution in [0, 0.1) is 0 Å². The summed E-state index contributed by atoms with van der Waals surface area (Å²) in [5, 5.41) is 0.624. The average Bonchev–Trinajstić information content (AvgIpc) is 2.28. The molecule has 0 heterocycles. The van der Waals surface area contributed by atoms with Crippen LogP contribution in [0.1, 0.15) is 13.8 Å². The summed E-state index contributed by atoms with van der Waals surface area (Å²) in [6.07, 6.45) is -0.608. The number of halogens is 1. The van der Waals surface area contributed by atoms with Crippen molar-refractivity contribution in [3.63, 3.8) is 0 Å². The third-order valence-corrected chi connectivity index (χ3v) is 2.15. The van der Waals surface area contributed by atoms with Crippen molar-refractivity contribution in [2.24, 2.45) is 0 Å². The van der Waals surface area contributed by atoms with Crippen LogP contribution in [0.5, 0.6) is 5.75 Å². The summed E-state index contributed by atoms with van der Waals surface area (Å²) in [7, 11) is 0. The topological polar surface area (TPSA) is 50.4 Å². The monoisotopic (exact) mass is 254 g/mol. The number of nitrogens with one attached hydrogen (secondary N) is 2. The Labute approximate surface area is 106 Å². The lowest BCUT2D eigenvalue weighted by Gasteiger charge is -2.15. The summed E-state index contributed by atoms with van der Waals surface area (Å²) in [4.78, 5) is 11.6. The first-order chi connectivity index (χ1) is 7.99. The second-order valence-electron chi connectivity index (χ2n) is 3.61. The molecule has 2 N–H and O–H groups in total. The number of rotatable bonds is 5. The van der Waals surface area contributed by atoms with Crippen molar-refractivity contribution in [1.29, 1.82) is 0 Å². The maximum absolute atomic E-state index is 11.6. The summed E-state index contributed by atoms with van der Waals surface area (Å²) >= 11 is 5.74. The molecular weight excluding hydrogens is 240 g/mol. The van der Waals surface area contributed by atoms with E-state index < -0.39 is 6.10 Å². The van der Waals surface area contributed by atoms with Crippen LogP contribution in [0.3, 0.4) is 0 Å². The van der Waals surface area contributed by atoms with Crippen molar-refractivity contribution in [2.75, 3.05) is 0 Å². The van der Waals surface area contributed by atoms with Gasteiger partial charge in [0.05, 0.1) is 0 Å². The van der Waals surface area contributed by atoms with Crippen LogP contribution >= 0.6 is 11.6 Å². The highest BCUT2D eigenvalue weighted by molar-refractivity contribution is 6.30. The first-order valence-electron chi connectivity index (χ1n) is 5.12. The van der Waals surface area contributed by atoms with Crippen LogP contribution in [0.15, 0.2) is 36.5 Å². The van der Waals surface area contributed by atoms with Crippen LogP contribution in [-0.2, 0) is 4.79 Å². The van der Waals surface area contributed by atoms with Gasteiger partial charge in [0, 0.05) is 10.7 Å². The molecule has 0 radical (unpaired) electrons. The first kappa shape index (κ1) is 13.4. The summed E-state index contributed by atoms with van der Waals surface area (Å²) in [6, 6.07) is 6.82. The van der Waals surface area contributed by atoms with Crippen LogP contribution in [0.25, 0.3) is 0 Å². The number of ether oxygens (including phenoxy) is 1. The minimum absolute atomic E-state index is 0.275. The van der Waals surface area contributed by atoms with Crippen LogP contribution < -0.4 is 15.6 Å². The number of allylic oxidation sites excluding steroid dienone is 1. The number of hydrogen-bond donors (Lipinski definition) is 2. The predicted octanol–water partition coefficient (Wildman–Crippen LogP) is 2.26. The molecule has 1 aromatic carbocycles. The molecule has 0 saturated carbocycles. The number of hydrazine groups is 1. The van der Waals surface area contributed by atoms with E-state index in [1.54, 1.807) is 38.1 Å². The van der Waals surface area contributed by atoms with Gasteiger partial charge in [-0.05, 0) is 38.1 Å². The smallest absolute Gasteiger partial charge is 0.279 e. The Morgan fingerprint density at radius 1 is 1.35 bits per heavy atom. The van der Waals surface area contributed by atoms with Crippen molar-refractivity contribution in [1.82, 2.24) is 10.9 Å². The van der Waals surface area contributed by atoms with E-state index in [1.165, 1.54) is 0 Å². The summed E-state index contributed by atoms with van der Waals surface area (Å²) < 4.78 is 5.42. The molecule has 0 fully saturated rings. The van der Waals surface area contributed by atoms with Crippen molar-refractivity contribution in [3.8, 4) is 5.75 Å². The molecule has 1 atom stereocenters. The second kappa shape index (κ2) is 6.15. The Bertz CT molecular complexity index is 403. The number of benzene rings is 1. The summed E-state index contributed by atoms with van der Waals surface area (Å²) in [6.45, 7) is 7.00. The summed E-state index contributed by atoms with van der Waals surface area (Å²) in [5.74, 6) is 0.315. The fourth-order valence-electron chi connectivity index (χ4n) is 1.04. The normalized spacial score (nSPS) is 11.5. The maximum atomic E-state index is 11.6. The molecule has 5 heteroatoms. The maximum Gasteiger partial charge on any atom is 0.279 e. The largest absolute Gasteiger partial charge is 0.481 e. The Hall–Kier alpha value is -1.68. The minimum Gasteiger partial charge on any atom is -0.481 e. The van der Waals surface area contributed by atoms with Crippen LogP contribution in [-0.4, -0.2) is 12.0 Å². The molecule has 4 nitrogen and oxygen atoms in total. The molecule has 1 aromatic rings. The van der Waals surface area contributed by atoms with Gasteiger partial charge in [0.2, 0.25) is 0 Å². The second-order valence-corrected chi connectivity index (χ2v) is 4.05. The lowest BCUT2D eigenvalue weighted by molar-refractivity contribution is -0.128. The molecule has 1 rings (SSSR count). The molecule has 0 aromatic heterocycles. The molecule has 0 spiro atoms. The van der Waals surface area contributed by atoms with E-state index in [4.69, 9.17) is 16.3 Å². The molecule has 0 saturated heterocycles. The molecule has 0 aliphatic carbocycles.